The Morgan fingerprint density at radius 2 is 1.74 bits per heavy atom. The fourth-order valence-electron chi connectivity index (χ4n) is 3.56. The first-order valence-electron chi connectivity index (χ1n) is 10.9. The van der Waals surface area contributed by atoms with Crippen LogP contribution in [-0.4, -0.2) is 32.2 Å². The van der Waals surface area contributed by atoms with Gasteiger partial charge in [0, 0.05) is 23.5 Å². The zero-order valence-electron chi connectivity index (χ0n) is 20.0. The molecule has 1 heterocycles. The van der Waals surface area contributed by atoms with E-state index in [-0.39, 0.29) is 11.9 Å². The number of allylic oxidation sites excluding steroid dienone is 1. The van der Waals surface area contributed by atoms with Crippen LogP contribution in [-0.2, 0) is 13.0 Å². The minimum absolute atomic E-state index is 0.226. The van der Waals surface area contributed by atoms with Gasteiger partial charge in [-0.25, -0.2) is 0 Å². The molecular weight excluding hydrogens is 432 g/mol. The molecular formula is C27H30N2O5. The van der Waals surface area contributed by atoms with E-state index < -0.39 is 0 Å². The first-order chi connectivity index (χ1) is 16.5. The molecule has 1 aromatic heterocycles. The average molecular weight is 463 g/mol. The maximum Gasteiger partial charge on any atom is 0.251 e. The molecule has 7 heteroatoms. The highest BCUT2D eigenvalue weighted by Crippen LogP contribution is 2.34. The van der Waals surface area contributed by atoms with Gasteiger partial charge in [-0.3, -0.25) is 9.78 Å². The highest BCUT2D eigenvalue weighted by atomic mass is 16.5. The summed E-state index contributed by atoms with van der Waals surface area (Å²) in [7, 11) is 4.71. The molecule has 1 unspecified atom stereocenters. The Labute approximate surface area is 200 Å². The van der Waals surface area contributed by atoms with E-state index in [0.29, 0.717) is 41.6 Å². The lowest BCUT2D eigenvalue weighted by molar-refractivity contribution is 0.0939. The number of carbonyl (C=O) groups is 1. The molecule has 0 radical (unpaired) electrons. The van der Waals surface area contributed by atoms with Crippen molar-refractivity contribution >= 4 is 5.91 Å². The topological polar surface area (TPSA) is 78.9 Å². The lowest BCUT2D eigenvalue weighted by Crippen LogP contribution is -2.27. The number of methoxy groups -OCH3 is 3. The number of rotatable bonds is 11. The summed E-state index contributed by atoms with van der Waals surface area (Å²) in [4.78, 5) is 17.0. The highest BCUT2D eigenvalue weighted by molar-refractivity contribution is 5.95. The predicted molar refractivity (Wildman–Crippen MR) is 131 cm³/mol. The maximum absolute atomic E-state index is 13.0. The molecule has 0 aliphatic rings. The summed E-state index contributed by atoms with van der Waals surface area (Å²) < 4.78 is 22.3. The second-order valence-electron chi connectivity index (χ2n) is 7.61. The number of hydrogen-bond donors (Lipinski definition) is 1. The molecule has 1 amide bonds. The Morgan fingerprint density at radius 3 is 2.38 bits per heavy atom. The summed E-state index contributed by atoms with van der Waals surface area (Å²) in [6.45, 7) is 6.09. The monoisotopic (exact) mass is 462 g/mol. The fraction of sp³-hybridized carbons (Fsp3) is 0.259. The summed E-state index contributed by atoms with van der Waals surface area (Å²) in [5.41, 5.74) is 3.19. The smallest absolute Gasteiger partial charge is 0.251 e. The Hall–Kier alpha value is -4.00. The second-order valence-corrected chi connectivity index (χ2v) is 7.61. The van der Waals surface area contributed by atoms with E-state index >= 15 is 0 Å². The summed E-state index contributed by atoms with van der Waals surface area (Å²) >= 11 is 0. The van der Waals surface area contributed by atoms with Crippen LogP contribution in [0.1, 0.15) is 40.0 Å². The van der Waals surface area contributed by atoms with Gasteiger partial charge in [-0.15, -0.1) is 6.58 Å². The van der Waals surface area contributed by atoms with Gasteiger partial charge in [0.2, 0.25) is 0 Å². The molecule has 0 saturated heterocycles. The van der Waals surface area contributed by atoms with Crippen molar-refractivity contribution < 1.29 is 23.7 Å². The molecule has 3 rings (SSSR count). The molecule has 2 aromatic carbocycles. The van der Waals surface area contributed by atoms with Crippen LogP contribution >= 0.6 is 0 Å². The van der Waals surface area contributed by atoms with E-state index in [1.807, 2.05) is 37.3 Å². The van der Waals surface area contributed by atoms with E-state index in [9.17, 15) is 4.79 Å². The molecule has 3 aromatic rings. The molecule has 7 nitrogen and oxygen atoms in total. The van der Waals surface area contributed by atoms with Crippen molar-refractivity contribution in [2.45, 2.75) is 26.0 Å². The van der Waals surface area contributed by atoms with E-state index in [1.165, 1.54) is 0 Å². The fourth-order valence-corrected chi connectivity index (χ4v) is 3.56. The molecule has 0 saturated carbocycles. The van der Waals surface area contributed by atoms with Crippen LogP contribution in [0, 0.1) is 0 Å². The maximum atomic E-state index is 13.0. The summed E-state index contributed by atoms with van der Waals surface area (Å²) in [6, 6.07) is 12.6. The van der Waals surface area contributed by atoms with E-state index in [0.717, 1.165) is 16.7 Å². The molecule has 0 aliphatic heterocycles. The molecule has 1 N–H and O–H groups in total. The SMILES string of the molecule is C=CCc1cc(C(=O)NC(C)c2ccc(OCc3ccncc3)c(OC)c2)cc(OC)c1OC. The third-order valence-corrected chi connectivity index (χ3v) is 5.36. The highest BCUT2D eigenvalue weighted by Gasteiger charge is 2.18. The number of amides is 1. The van der Waals surface area contributed by atoms with Crippen molar-refractivity contribution in [1.82, 2.24) is 10.3 Å². The van der Waals surface area contributed by atoms with Gasteiger partial charge in [0.1, 0.15) is 6.61 Å². The van der Waals surface area contributed by atoms with Gasteiger partial charge in [0.15, 0.2) is 23.0 Å². The molecule has 1 atom stereocenters. The Kier molecular flexibility index (Phi) is 8.51. The minimum atomic E-state index is -0.272. The number of aromatic nitrogens is 1. The largest absolute Gasteiger partial charge is 0.493 e. The summed E-state index contributed by atoms with van der Waals surface area (Å²) in [5.74, 6) is 2.08. The normalized spacial score (nSPS) is 11.3. The summed E-state index contributed by atoms with van der Waals surface area (Å²) in [6.07, 6.45) is 5.75. The van der Waals surface area contributed by atoms with E-state index in [1.54, 1.807) is 51.9 Å². The zero-order valence-corrected chi connectivity index (χ0v) is 20.0. The number of pyridine rings is 1. The lowest BCUT2D eigenvalue weighted by Gasteiger charge is -2.18. The third kappa shape index (κ3) is 5.86. The van der Waals surface area contributed by atoms with Crippen molar-refractivity contribution in [3.05, 3.63) is 89.8 Å². The van der Waals surface area contributed by atoms with Crippen molar-refractivity contribution in [1.29, 1.82) is 0 Å². The molecule has 0 bridgehead atoms. The van der Waals surface area contributed by atoms with Gasteiger partial charge in [-0.05, 0) is 60.9 Å². The van der Waals surface area contributed by atoms with Crippen LogP contribution < -0.4 is 24.3 Å². The van der Waals surface area contributed by atoms with E-state index in [2.05, 4.69) is 16.9 Å². The average Bonchev–Trinajstić information content (AvgIpc) is 2.87. The van der Waals surface area contributed by atoms with Gasteiger partial charge in [0.05, 0.1) is 27.4 Å². The van der Waals surface area contributed by atoms with Gasteiger partial charge >= 0.3 is 0 Å². The van der Waals surface area contributed by atoms with E-state index in [4.69, 9.17) is 18.9 Å². The number of nitrogens with one attached hydrogen (secondary N) is 1. The van der Waals surface area contributed by atoms with Crippen molar-refractivity contribution in [3.63, 3.8) is 0 Å². The van der Waals surface area contributed by atoms with Gasteiger partial charge in [-0.1, -0.05) is 12.1 Å². The minimum Gasteiger partial charge on any atom is -0.493 e. The summed E-state index contributed by atoms with van der Waals surface area (Å²) in [5, 5.41) is 3.03. The number of ether oxygens (including phenoxy) is 4. The number of nitrogens with zero attached hydrogens (tertiary/aromatic N) is 1. The van der Waals surface area contributed by atoms with Crippen LogP contribution in [0.5, 0.6) is 23.0 Å². The Bertz CT molecular complexity index is 1130. The quantitative estimate of drug-likeness (QED) is 0.408. The van der Waals surface area contributed by atoms with Gasteiger partial charge in [-0.2, -0.15) is 0 Å². The van der Waals surface area contributed by atoms with Crippen molar-refractivity contribution in [2.75, 3.05) is 21.3 Å². The molecule has 0 aliphatic carbocycles. The first-order valence-corrected chi connectivity index (χ1v) is 10.9. The Morgan fingerprint density at radius 1 is 1.00 bits per heavy atom. The van der Waals surface area contributed by atoms with Crippen LogP contribution in [0.4, 0.5) is 0 Å². The zero-order chi connectivity index (χ0) is 24.5. The van der Waals surface area contributed by atoms with Crippen molar-refractivity contribution in [2.24, 2.45) is 0 Å². The molecule has 0 spiro atoms. The predicted octanol–water partition coefficient (Wildman–Crippen LogP) is 4.91. The van der Waals surface area contributed by atoms with Crippen LogP contribution in [0.25, 0.3) is 0 Å². The van der Waals surface area contributed by atoms with Crippen molar-refractivity contribution in [3.8, 4) is 23.0 Å². The third-order valence-electron chi connectivity index (χ3n) is 5.36. The van der Waals surface area contributed by atoms with Crippen LogP contribution in [0.2, 0.25) is 0 Å². The lowest BCUT2D eigenvalue weighted by atomic mass is 10.0. The first kappa shape index (κ1) is 24.6. The standard InChI is InChI=1S/C27H30N2O5/c1-6-7-21-14-22(16-25(32-4)26(21)33-5)27(30)29-18(2)20-8-9-23(24(15-20)31-3)34-17-19-10-12-28-13-11-19/h6,8-16,18H,1,7,17H2,2-5H3,(H,29,30). The van der Waals surface area contributed by atoms with Crippen LogP contribution in [0.15, 0.2) is 67.5 Å². The second kappa shape index (κ2) is 11.7. The molecule has 34 heavy (non-hydrogen) atoms. The van der Waals surface area contributed by atoms with Crippen LogP contribution in [0.3, 0.4) is 0 Å². The molecule has 0 fully saturated rings. The Balaban J connectivity index is 1.75. The number of carbonyl (C=O) groups excluding carboxylic acids is 1. The number of benzene rings is 2. The molecule has 178 valence electrons. The van der Waals surface area contributed by atoms with Gasteiger partial charge in [0.25, 0.3) is 5.91 Å². The van der Waals surface area contributed by atoms with Gasteiger partial charge < -0.3 is 24.3 Å². The number of hydrogen-bond acceptors (Lipinski definition) is 6.